The lowest BCUT2D eigenvalue weighted by atomic mass is 9.83. The predicted molar refractivity (Wildman–Crippen MR) is 358 cm³/mol. The average Bonchev–Trinajstić information content (AvgIpc) is 1.66. The van der Waals surface area contributed by atoms with E-state index in [1.165, 1.54) is 12.4 Å². The van der Waals surface area contributed by atoms with Crippen LogP contribution in [0.5, 0.6) is 0 Å². The van der Waals surface area contributed by atoms with Crippen molar-refractivity contribution in [2.75, 3.05) is 103 Å². The Morgan fingerprint density at radius 2 is 1.37 bits per heavy atom. The molecule has 1 aromatic heterocycles. The third-order valence-corrected chi connectivity index (χ3v) is 21.8. The van der Waals surface area contributed by atoms with E-state index in [4.69, 9.17) is 21.1 Å². The number of hydrogen-bond donors (Lipinski definition) is 3. The lowest BCUT2D eigenvalue weighted by molar-refractivity contribution is -0.139. The summed E-state index contributed by atoms with van der Waals surface area (Å²) in [6, 6.07) is 27.6. The van der Waals surface area contributed by atoms with E-state index < -0.39 is 35.9 Å². The van der Waals surface area contributed by atoms with Gasteiger partial charge in [-0.05, 0) is 134 Å². The third kappa shape index (κ3) is 15.1. The van der Waals surface area contributed by atoms with Gasteiger partial charge in [0.25, 0.3) is 5.91 Å². The second-order valence-corrected chi connectivity index (χ2v) is 28.2. The Hall–Kier alpha value is -7.52. The number of aliphatic hydroxyl groups excluding tert-OH is 1. The maximum absolute atomic E-state index is 16.5. The van der Waals surface area contributed by atoms with E-state index in [1.807, 2.05) is 51.1 Å². The lowest BCUT2D eigenvalue weighted by Crippen LogP contribution is -2.55. The fourth-order valence-electron chi connectivity index (χ4n) is 16.1. The fraction of sp³-hybridized carbons (Fsp3) is 0.541. The van der Waals surface area contributed by atoms with Gasteiger partial charge in [-0.1, -0.05) is 111 Å². The monoisotopic (exact) mass is 1320 g/mol. The molecule has 4 aromatic carbocycles. The number of benzene rings is 4. The number of carbonyl (C=O) groups excluding carboxylic acids is 6. The first-order valence-electron chi connectivity index (χ1n) is 35.0. The van der Waals surface area contributed by atoms with Gasteiger partial charge in [0.15, 0.2) is 0 Å². The summed E-state index contributed by atoms with van der Waals surface area (Å²) < 4.78 is 29.4. The molecule has 19 nitrogen and oxygen atoms in total. The maximum Gasteiger partial charge on any atom is 0.409 e. The Bertz CT molecular complexity index is 3540. The molecular formula is C74H90ClFN10O9. The number of amides is 6. The van der Waals surface area contributed by atoms with Crippen LogP contribution in [-0.4, -0.2) is 192 Å². The van der Waals surface area contributed by atoms with Crippen LogP contribution in [0.25, 0.3) is 11.1 Å². The molecule has 4 aliphatic heterocycles. The highest BCUT2D eigenvalue weighted by Gasteiger charge is 2.41. The topological polar surface area (TPSA) is 210 Å². The molecule has 6 fully saturated rings. The van der Waals surface area contributed by atoms with E-state index in [9.17, 15) is 29.1 Å². The smallest absolute Gasteiger partial charge is 0.409 e. The van der Waals surface area contributed by atoms with Crippen molar-refractivity contribution < 1.29 is 47.7 Å². The van der Waals surface area contributed by atoms with Crippen LogP contribution in [0.2, 0.25) is 5.02 Å². The van der Waals surface area contributed by atoms with E-state index in [-0.39, 0.29) is 104 Å². The summed E-state index contributed by atoms with van der Waals surface area (Å²) in [6.45, 7) is 7.72. The zero-order valence-electron chi connectivity index (χ0n) is 54.6. The van der Waals surface area contributed by atoms with Gasteiger partial charge in [-0.2, -0.15) is 0 Å². The Morgan fingerprint density at radius 1 is 0.705 bits per heavy atom. The van der Waals surface area contributed by atoms with Gasteiger partial charge in [0, 0.05) is 113 Å². The van der Waals surface area contributed by atoms with Crippen LogP contribution >= 0.6 is 11.6 Å². The van der Waals surface area contributed by atoms with Gasteiger partial charge in [0.1, 0.15) is 30.6 Å². The minimum Gasteiger partial charge on any atom is -0.448 e. The van der Waals surface area contributed by atoms with Gasteiger partial charge in [-0.3, -0.25) is 28.9 Å². The highest BCUT2D eigenvalue weighted by atomic mass is 35.5. The van der Waals surface area contributed by atoms with Gasteiger partial charge in [-0.25, -0.2) is 19.2 Å². The predicted octanol–water partition coefficient (Wildman–Crippen LogP) is 9.58. The van der Waals surface area contributed by atoms with Crippen molar-refractivity contribution in [3.8, 4) is 11.1 Å². The van der Waals surface area contributed by atoms with Crippen LogP contribution in [0.3, 0.4) is 0 Å². The van der Waals surface area contributed by atoms with Crippen LogP contribution in [0, 0.1) is 17.7 Å². The highest BCUT2D eigenvalue weighted by Crippen LogP contribution is 2.46. The Balaban J connectivity index is 0.605. The molecule has 6 amide bonds. The van der Waals surface area contributed by atoms with Crippen LogP contribution in [0.15, 0.2) is 97.3 Å². The molecule has 21 heteroatoms. The number of aliphatic hydroxyl groups is 1. The summed E-state index contributed by atoms with van der Waals surface area (Å²) in [5, 5.41) is 17.3. The van der Waals surface area contributed by atoms with Crippen molar-refractivity contribution in [1.29, 1.82) is 0 Å². The second kappa shape index (κ2) is 29.9. The SMILES string of the molecule is C[C@@H]1C[C@@H](O)c2ncnc(N3CCN(C(=O)[C@H](CN(CCNC(=O)CN4CCC(OC5CCN(C(=O)[C@H](NC(=O)c6cccc(C7CCCN(C(=O)C8CC8)C7)c6F)C6CCCCC6)CC5)CC4)C(=O)OCC4c5ccccc5-c5ccccc54)c4ccc(Cl)cc4)CC3)c21. The number of rotatable bonds is 20. The number of carbonyl (C=O) groups is 6. The Morgan fingerprint density at radius 3 is 2.06 bits per heavy atom. The number of nitrogens with one attached hydrogen (secondary N) is 2. The first-order chi connectivity index (χ1) is 46.2. The van der Waals surface area contributed by atoms with Crippen molar-refractivity contribution in [3.05, 3.63) is 147 Å². The largest absolute Gasteiger partial charge is 0.448 e. The van der Waals surface area contributed by atoms with Crippen molar-refractivity contribution in [2.45, 2.75) is 145 Å². The number of anilines is 1. The number of ether oxygens (including phenoxy) is 2. The molecule has 4 aliphatic carbocycles. The molecule has 504 valence electrons. The zero-order chi connectivity index (χ0) is 65.7. The molecule has 5 atom stereocenters. The van der Waals surface area contributed by atoms with Crippen molar-refractivity contribution in [3.63, 3.8) is 0 Å². The lowest BCUT2D eigenvalue weighted by Gasteiger charge is -2.39. The summed E-state index contributed by atoms with van der Waals surface area (Å²) >= 11 is 6.43. The summed E-state index contributed by atoms with van der Waals surface area (Å²) in [4.78, 5) is 106. The minimum atomic E-state index is -0.793. The first kappa shape index (κ1) is 66.1. The Kier molecular flexibility index (Phi) is 20.8. The highest BCUT2D eigenvalue weighted by molar-refractivity contribution is 6.30. The van der Waals surface area contributed by atoms with E-state index >= 15 is 9.18 Å². The molecule has 2 saturated carbocycles. The van der Waals surface area contributed by atoms with Gasteiger partial charge in [0.05, 0.1) is 42.0 Å². The quantitative estimate of drug-likeness (QED) is 0.0664. The number of halogens is 2. The van der Waals surface area contributed by atoms with Crippen LogP contribution in [0.1, 0.15) is 170 Å². The summed E-state index contributed by atoms with van der Waals surface area (Å²) in [7, 11) is 0. The van der Waals surface area contributed by atoms with Crippen molar-refractivity contribution >= 4 is 53.0 Å². The van der Waals surface area contributed by atoms with E-state index in [2.05, 4.69) is 61.6 Å². The molecule has 5 aromatic rings. The molecule has 8 aliphatic rings. The number of fused-ring (bicyclic) bond motifs is 4. The molecule has 0 radical (unpaired) electrons. The van der Waals surface area contributed by atoms with Crippen LogP contribution in [-0.2, 0) is 28.7 Å². The van der Waals surface area contributed by atoms with E-state index in [0.717, 1.165) is 104 Å². The number of piperidine rings is 3. The summed E-state index contributed by atoms with van der Waals surface area (Å²) in [6.07, 6.45) is 11.5. The molecule has 5 heterocycles. The first-order valence-corrected chi connectivity index (χ1v) is 35.3. The summed E-state index contributed by atoms with van der Waals surface area (Å²) in [5.74, 6) is -1.72. The molecular weight excluding hydrogens is 1230 g/mol. The standard InChI is InChI=1S/C74H90ClFN10O9/c1-47-41-63(87)68-65(47)69(79-46-78-68)82-37-39-84(40-38-82)72(91)61(48-22-24-52(75)25-23-48)43-86(74(93)94-45-62-58-16-7-5-14-56(58)57-15-6-8-17-59(57)62)36-30-77-64(88)44-81-32-26-53(27-33-81)95-54-28-34-83(35-29-54)73(92)67(49-11-3-2-4-12-49)80-70(89)60-19-9-18-55(66(60)76)51-13-10-31-85(42-51)71(90)50-20-21-50/h5-9,14-19,22-25,46-47,49-51,53-54,61-63,67,87H,2-4,10-13,20-21,26-45H2,1H3,(H,77,88)(H,80,89)/t47-,51?,61-,63-,67-/m1/s1. The summed E-state index contributed by atoms with van der Waals surface area (Å²) in [5.41, 5.74) is 7.05. The second-order valence-electron chi connectivity index (χ2n) is 27.8. The number of piperazine rings is 1. The van der Waals surface area contributed by atoms with E-state index in [0.29, 0.717) is 107 Å². The molecule has 1 unspecified atom stereocenters. The molecule has 3 N–H and O–H groups in total. The van der Waals surface area contributed by atoms with Crippen molar-refractivity contribution in [1.82, 2.24) is 45.1 Å². The number of nitrogens with zero attached hydrogens (tertiary/aromatic N) is 8. The van der Waals surface area contributed by atoms with Crippen LogP contribution < -0.4 is 15.5 Å². The average molecular weight is 1320 g/mol. The van der Waals surface area contributed by atoms with Crippen LogP contribution in [0.4, 0.5) is 15.0 Å². The van der Waals surface area contributed by atoms with E-state index in [1.54, 1.807) is 29.2 Å². The molecule has 0 spiro atoms. The molecule has 95 heavy (non-hydrogen) atoms. The number of likely N-dealkylation sites (tertiary alicyclic amines) is 3. The normalized spacial score (nSPS) is 21.9. The van der Waals surface area contributed by atoms with Gasteiger partial charge < -0.3 is 49.7 Å². The van der Waals surface area contributed by atoms with Gasteiger partial charge in [0.2, 0.25) is 23.6 Å². The van der Waals surface area contributed by atoms with Gasteiger partial charge in [-0.15, -0.1) is 0 Å². The minimum absolute atomic E-state index is 0.0133. The zero-order valence-corrected chi connectivity index (χ0v) is 55.3. The van der Waals surface area contributed by atoms with Crippen molar-refractivity contribution in [2.24, 2.45) is 11.8 Å². The molecule has 4 saturated heterocycles. The maximum atomic E-state index is 16.5. The Labute approximate surface area is 561 Å². The third-order valence-electron chi connectivity index (χ3n) is 21.5. The number of hydrogen-bond acceptors (Lipinski definition) is 13. The fourth-order valence-corrected chi connectivity index (χ4v) is 16.2. The molecule has 0 bridgehead atoms. The molecule has 13 rings (SSSR count). The van der Waals surface area contributed by atoms with Gasteiger partial charge >= 0.3 is 6.09 Å². The number of aromatic nitrogens is 2.